The summed E-state index contributed by atoms with van der Waals surface area (Å²) >= 11 is 6.87. The Morgan fingerprint density at radius 1 is 0.952 bits per heavy atom. The maximum Gasteiger partial charge on any atom is 0.0410 e. The molecule has 21 heavy (non-hydrogen) atoms. The maximum absolute atomic E-state index is 6.87. The molecule has 5 atom stereocenters. The van der Waals surface area contributed by atoms with Gasteiger partial charge in [-0.3, -0.25) is 0 Å². The van der Waals surface area contributed by atoms with Crippen molar-refractivity contribution < 1.29 is 0 Å². The fourth-order valence-electron chi connectivity index (χ4n) is 5.69. The lowest BCUT2D eigenvalue weighted by Crippen LogP contribution is -2.13. The number of rotatable bonds is 3. The van der Waals surface area contributed by atoms with Crippen molar-refractivity contribution in [3.63, 3.8) is 0 Å². The standard InChI is InChI=1S/C20H21Cl/c21-17(20-18-14-8-9-15(10-14)19(18)20)11-13-6-3-5-12-4-1-2-7-16(12)13/h1-7,14-15,17-20H,8-11H2. The Morgan fingerprint density at radius 2 is 1.67 bits per heavy atom. The van der Waals surface area contributed by atoms with Crippen molar-refractivity contribution in [2.45, 2.75) is 31.1 Å². The van der Waals surface area contributed by atoms with E-state index < -0.39 is 0 Å². The Kier molecular flexibility index (Phi) is 2.68. The van der Waals surface area contributed by atoms with Crippen LogP contribution >= 0.6 is 11.6 Å². The third-order valence-electron chi connectivity index (χ3n) is 6.51. The van der Waals surface area contributed by atoms with E-state index in [1.165, 1.54) is 35.6 Å². The molecular weight excluding hydrogens is 276 g/mol. The molecule has 0 amide bonds. The van der Waals surface area contributed by atoms with E-state index in [-0.39, 0.29) is 0 Å². The molecule has 0 spiro atoms. The van der Waals surface area contributed by atoms with E-state index in [2.05, 4.69) is 42.5 Å². The molecule has 5 unspecified atom stereocenters. The second-order valence-electron chi connectivity index (χ2n) is 7.42. The summed E-state index contributed by atoms with van der Waals surface area (Å²) in [5, 5.41) is 3.07. The van der Waals surface area contributed by atoms with Crippen LogP contribution in [0.15, 0.2) is 42.5 Å². The minimum absolute atomic E-state index is 0.342. The fraction of sp³-hybridized carbons (Fsp3) is 0.500. The van der Waals surface area contributed by atoms with Crippen molar-refractivity contribution in [1.29, 1.82) is 0 Å². The van der Waals surface area contributed by atoms with E-state index >= 15 is 0 Å². The molecule has 1 heteroatoms. The minimum Gasteiger partial charge on any atom is -0.122 e. The summed E-state index contributed by atoms with van der Waals surface area (Å²) in [6.07, 6.45) is 5.53. The van der Waals surface area contributed by atoms with Gasteiger partial charge in [-0.1, -0.05) is 42.5 Å². The number of benzene rings is 2. The number of fused-ring (bicyclic) bond motifs is 6. The Balaban J connectivity index is 1.40. The van der Waals surface area contributed by atoms with Gasteiger partial charge in [0.05, 0.1) is 0 Å². The first-order valence-corrected chi connectivity index (χ1v) is 8.87. The molecule has 3 aliphatic rings. The monoisotopic (exact) mass is 296 g/mol. The number of alkyl halides is 1. The third-order valence-corrected chi connectivity index (χ3v) is 6.95. The van der Waals surface area contributed by atoms with E-state index in [1.54, 1.807) is 0 Å². The predicted molar refractivity (Wildman–Crippen MR) is 88.6 cm³/mol. The van der Waals surface area contributed by atoms with Crippen molar-refractivity contribution in [2.24, 2.45) is 29.6 Å². The molecule has 0 nitrogen and oxygen atoms in total. The number of hydrogen-bond acceptors (Lipinski definition) is 0. The van der Waals surface area contributed by atoms with Gasteiger partial charge in [-0.25, -0.2) is 0 Å². The third kappa shape index (κ3) is 1.81. The Bertz CT molecular complexity index is 670. The Labute approximate surface area is 131 Å². The van der Waals surface area contributed by atoms with Crippen LogP contribution in [-0.2, 0) is 6.42 Å². The molecule has 3 aliphatic carbocycles. The molecule has 3 saturated carbocycles. The number of halogens is 1. The van der Waals surface area contributed by atoms with Crippen LogP contribution in [0.3, 0.4) is 0 Å². The Morgan fingerprint density at radius 3 is 2.48 bits per heavy atom. The van der Waals surface area contributed by atoms with Gasteiger partial charge in [-0.15, -0.1) is 11.6 Å². The van der Waals surface area contributed by atoms with Gasteiger partial charge in [0.25, 0.3) is 0 Å². The highest BCUT2D eigenvalue weighted by Gasteiger charge is 2.66. The van der Waals surface area contributed by atoms with Crippen LogP contribution in [0.25, 0.3) is 10.8 Å². The zero-order valence-corrected chi connectivity index (χ0v) is 13.0. The molecule has 0 aliphatic heterocycles. The zero-order valence-electron chi connectivity index (χ0n) is 12.2. The van der Waals surface area contributed by atoms with E-state index in [4.69, 9.17) is 11.6 Å². The normalized spacial score (nSPS) is 37.7. The van der Waals surface area contributed by atoms with Gasteiger partial charge in [0.1, 0.15) is 0 Å². The van der Waals surface area contributed by atoms with E-state index in [9.17, 15) is 0 Å². The van der Waals surface area contributed by atoms with E-state index in [0.717, 1.165) is 36.0 Å². The molecule has 0 heterocycles. The molecule has 2 aromatic rings. The summed E-state index contributed by atoms with van der Waals surface area (Å²) in [6, 6.07) is 15.4. The maximum atomic E-state index is 6.87. The lowest BCUT2D eigenvalue weighted by molar-refractivity contribution is 0.450. The summed E-state index contributed by atoms with van der Waals surface area (Å²) in [5.74, 6) is 4.84. The van der Waals surface area contributed by atoms with Gasteiger partial charge < -0.3 is 0 Å². The van der Waals surface area contributed by atoms with Crippen LogP contribution in [0.5, 0.6) is 0 Å². The van der Waals surface area contributed by atoms with Crippen molar-refractivity contribution in [3.8, 4) is 0 Å². The summed E-state index contributed by atoms with van der Waals surface area (Å²) in [5.41, 5.74) is 1.44. The highest BCUT2D eigenvalue weighted by molar-refractivity contribution is 6.21. The van der Waals surface area contributed by atoms with Crippen LogP contribution < -0.4 is 0 Å². The second kappa shape index (κ2) is 4.49. The Hall–Kier alpha value is -1.01. The van der Waals surface area contributed by atoms with Gasteiger partial charge in [0.2, 0.25) is 0 Å². The van der Waals surface area contributed by atoms with Gasteiger partial charge >= 0.3 is 0 Å². The van der Waals surface area contributed by atoms with Crippen LogP contribution in [-0.4, -0.2) is 5.38 Å². The molecule has 3 fully saturated rings. The molecule has 108 valence electrons. The first kappa shape index (κ1) is 12.5. The summed E-state index contributed by atoms with van der Waals surface area (Å²) in [4.78, 5) is 0. The first-order chi connectivity index (χ1) is 10.3. The minimum atomic E-state index is 0.342. The molecule has 0 N–H and O–H groups in total. The average Bonchev–Trinajstić information content (AvgIpc) is 2.96. The van der Waals surface area contributed by atoms with Gasteiger partial charge in [0, 0.05) is 5.38 Å². The van der Waals surface area contributed by atoms with Crippen LogP contribution in [0.4, 0.5) is 0 Å². The van der Waals surface area contributed by atoms with Crippen molar-refractivity contribution >= 4 is 22.4 Å². The van der Waals surface area contributed by atoms with Crippen LogP contribution in [0, 0.1) is 29.6 Å². The van der Waals surface area contributed by atoms with Crippen LogP contribution in [0.2, 0.25) is 0 Å². The first-order valence-electron chi connectivity index (χ1n) is 8.43. The van der Waals surface area contributed by atoms with Gasteiger partial charge in [-0.2, -0.15) is 0 Å². The average molecular weight is 297 g/mol. The molecule has 0 saturated heterocycles. The lowest BCUT2D eigenvalue weighted by Gasteiger charge is -2.15. The molecule has 0 aromatic heterocycles. The quantitative estimate of drug-likeness (QED) is 0.676. The van der Waals surface area contributed by atoms with E-state index in [0.29, 0.717) is 5.38 Å². The molecule has 0 radical (unpaired) electrons. The smallest absolute Gasteiger partial charge is 0.0410 e. The number of hydrogen-bond donors (Lipinski definition) is 0. The van der Waals surface area contributed by atoms with Crippen molar-refractivity contribution in [3.05, 3.63) is 48.0 Å². The summed E-state index contributed by atoms with van der Waals surface area (Å²) < 4.78 is 0. The van der Waals surface area contributed by atoms with Crippen molar-refractivity contribution in [2.75, 3.05) is 0 Å². The lowest BCUT2D eigenvalue weighted by atomic mass is 9.95. The molecule has 2 aromatic carbocycles. The zero-order chi connectivity index (χ0) is 14.0. The summed E-state index contributed by atoms with van der Waals surface area (Å²) in [6.45, 7) is 0. The fourth-order valence-corrected chi connectivity index (χ4v) is 6.19. The highest BCUT2D eigenvalue weighted by Crippen LogP contribution is 2.71. The molecular formula is C20H21Cl. The van der Waals surface area contributed by atoms with Crippen molar-refractivity contribution in [1.82, 2.24) is 0 Å². The predicted octanol–water partition coefficient (Wildman–Crippen LogP) is 5.28. The van der Waals surface area contributed by atoms with Gasteiger partial charge in [-0.05, 0) is 71.6 Å². The molecule has 5 rings (SSSR count). The van der Waals surface area contributed by atoms with Gasteiger partial charge in [0.15, 0.2) is 0 Å². The van der Waals surface area contributed by atoms with Crippen LogP contribution in [0.1, 0.15) is 24.8 Å². The largest absolute Gasteiger partial charge is 0.122 e. The SMILES string of the molecule is ClC(Cc1cccc2ccccc12)C1C2C3CCC(C3)C12. The topological polar surface area (TPSA) is 0 Å². The highest BCUT2D eigenvalue weighted by atomic mass is 35.5. The van der Waals surface area contributed by atoms with E-state index in [1.807, 2.05) is 0 Å². The summed E-state index contributed by atoms with van der Waals surface area (Å²) in [7, 11) is 0. The molecule has 2 bridgehead atoms. The second-order valence-corrected chi connectivity index (χ2v) is 7.98.